The number of halogens is 1. The lowest BCUT2D eigenvalue weighted by molar-refractivity contribution is 0.225. The van der Waals surface area contributed by atoms with E-state index in [2.05, 4.69) is 32.0 Å². The van der Waals surface area contributed by atoms with Crippen molar-refractivity contribution in [1.29, 1.82) is 5.26 Å². The van der Waals surface area contributed by atoms with Crippen molar-refractivity contribution in [3.8, 4) is 23.1 Å². The number of hydrazine groups is 2. The van der Waals surface area contributed by atoms with Crippen LogP contribution in [0.1, 0.15) is 30.0 Å². The predicted octanol–water partition coefficient (Wildman–Crippen LogP) is 1.61. The fraction of sp³-hybridized carbons (Fsp3) is 0.211. The van der Waals surface area contributed by atoms with Gasteiger partial charge in [-0.15, -0.1) is 15.3 Å². The summed E-state index contributed by atoms with van der Waals surface area (Å²) in [7, 11) is 1.68. The normalized spacial score (nSPS) is 16.8. The summed E-state index contributed by atoms with van der Waals surface area (Å²) in [6, 6.07) is 8.17. The Labute approximate surface area is 176 Å². The summed E-state index contributed by atoms with van der Waals surface area (Å²) in [4.78, 5) is 0. The number of hydrogen-bond acceptors (Lipinski definition) is 10. The maximum atomic E-state index is 14.1. The van der Waals surface area contributed by atoms with Gasteiger partial charge >= 0.3 is 0 Å². The third-order valence-corrected chi connectivity index (χ3v) is 5.14. The van der Waals surface area contributed by atoms with Crippen molar-refractivity contribution < 1.29 is 9.13 Å². The summed E-state index contributed by atoms with van der Waals surface area (Å²) >= 11 is 0. The first kappa shape index (κ1) is 18.6. The molecule has 0 saturated heterocycles. The number of hydrazone groups is 1. The minimum atomic E-state index is -0.586. The molecule has 156 valence electrons. The lowest BCUT2D eigenvalue weighted by Crippen LogP contribution is -2.43. The molecular formula is C19H17FN10O. The highest BCUT2D eigenvalue weighted by molar-refractivity contribution is 5.72. The van der Waals surface area contributed by atoms with Crippen LogP contribution in [0.4, 0.5) is 15.9 Å². The molecule has 0 amide bonds. The number of rotatable bonds is 0. The number of nitrogens with zero attached hydrogens (tertiary/aromatic N) is 8. The van der Waals surface area contributed by atoms with E-state index in [1.165, 1.54) is 16.8 Å². The standard InChI is InChI=1S/C19H17FN10O/c1-10-12-5-11(20)3-4-15(12)30-27-23-9-29(30)8-14-18(16(7-21)28(2)26-14)13-6-17(31-10)19(22)25-24-13/h3-6,9-10,27H,8H2,1-2H3,(H2,22,25)/t10-/m1/s1. The fourth-order valence-corrected chi connectivity index (χ4v) is 3.70. The van der Waals surface area contributed by atoms with E-state index in [1.54, 1.807) is 42.6 Å². The second-order valence-electron chi connectivity index (χ2n) is 7.10. The van der Waals surface area contributed by atoms with E-state index in [0.717, 1.165) is 0 Å². The second-order valence-corrected chi connectivity index (χ2v) is 7.10. The Bertz CT molecular complexity index is 1260. The van der Waals surface area contributed by atoms with Crippen LogP contribution in [0.15, 0.2) is 29.4 Å². The molecule has 2 aromatic heterocycles. The van der Waals surface area contributed by atoms with Gasteiger partial charge in [-0.2, -0.15) is 21.0 Å². The van der Waals surface area contributed by atoms with Crippen LogP contribution in [0, 0.1) is 17.1 Å². The van der Waals surface area contributed by atoms with Crippen molar-refractivity contribution in [2.24, 2.45) is 12.1 Å². The molecule has 3 aromatic rings. The zero-order chi connectivity index (χ0) is 21.7. The average Bonchev–Trinajstić information content (AvgIpc) is 3.32. The summed E-state index contributed by atoms with van der Waals surface area (Å²) in [6.07, 6.45) is 0.993. The van der Waals surface area contributed by atoms with Crippen LogP contribution in [0.5, 0.6) is 5.75 Å². The average molecular weight is 420 g/mol. The fourth-order valence-electron chi connectivity index (χ4n) is 3.70. The molecule has 4 heterocycles. The highest BCUT2D eigenvalue weighted by atomic mass is 19.1. The minimum Gasteiger partial charge on any atom is -0.482 e. The highest BCUT2D eigenvalue weighted by Gasteiger charge is 2.29. The lowest BCUT2D eigenvalue weighted by Gasteiger charge is -2.31. The van der Waals surface area contributed by atoms with Crippen molar-refractivity contribution in [2.45, 2.75) is 19.6 Å². The van der Waals surface area contributed by atoms with Crippen molar-refractivity contribution in [3.63, 3.8) is 0 Å². The number of aromatic nitrogens is 4. The summed E-state index contributed by atoms with van der Waals surface area (Å²) in [6.45, 7) is 2.04. The van der Waals surface area contributed by atoms with E-state index >= 15 is 0 Å². The predicted molar refractivity (Wildman–Crippen MR) is 108 cm³/mol. The van der Waals surface area contributed by atoms with E-state index in [-0.39, 0.29) is 18.1 Å². The first-order chi connectivity index (χ1) is 15.0. The van der Waals surface area contributed by atoms with E-state index < -0.39 is 11.9 Å². The van der Waals surface area contributed by atoms with Gasteiger partial charge in [-0.3, -0.25) is 4.68 Å². The molecule has 0 unspecified atom stereocenters. The molecule has 5 rings (SSSR count). The molecule has 0 aliphatic carbocycles. The molecule has 0 saturated carbocycles. The molecule has 2 aliphatic heterocycles. The van der Waals surface area contributed by atoms with Crippen LogP contribution in [0.25, 0.3) is 11.3 Å². The molecule has 11 nitrogen and oxygen atoms in total. The smallest absolute Gasteiger partial charge is 0.188 e. The van der Waals surface area contributed by atoms with Crippen LogP contribution in [-0.4, -0.2) is 31.3 Å². The number of benzene rings is 1. The minimum absolute atomic E-state index is 0.0822. The molecule has 31 heavy (non-hydrogen) atoms. The van der Waals surface area contributed by atoms with Crippen LogP contribution in [0.2, 0.25) is 0 Å². The lowest BCUT2D eigenvalue weighted by atomic mass is 10.1. The van der Waals surface area contributed by atoms with Gasteiger partial charge in [0, 0.05) is 18.7 Å². The number of fused-ring (bicyclic) bond motifs is 7. The topological polar surface area (TPSA) is 134 Å². The van der Waals surface area contributed by atoms with Crippen LogP contribution < -0.4 is 21.1 Å². The number of aryl methyl sites for hydroxylation is 1. The second kappa shape index (κ2) is 6.84. The summed E-state index contributed by atoms with van der Waals surface area (Å²) < 4.78 is 21.7. The third kappa shape index (κ3) is 2.94. The number of nitrogens with one attached hydrogen (secondary N) is 1. The number of nitrogens with two attached hydrogens (primary N) is 1. The van der Waals surface area contributed by atoms with Gasteiger partial charge in [-0.25, -0.2) is 9.40 Å². The van der Waals surface area contributed by atoms with Crippen molar-refractivity contribution in [2.75, 3.05) is 10.9 Å². The van der Waals surface area contributed by atoms with E-state index in [0.29, 0.717) is 33.9 Å². The van der Waals surface area contributed by atoms with Crippen LogP contribution in [0.3, 0.4) is 0 Å². The van der Waals surface area contributed by atoms with E-state index in [4.69, 9.17) is 10.5 Å². The van der Waals surface area contributed by atoms with Gasteiger partial charge in [0.25, 0.3) is 0 Å². The molecule has 0 radical (unpaired) electrons. The molecular weight excluding hydrogens is 403 g/mol. The molecule has 2 aliphatic rings. The molecule has 1 aromatic carbocycles. The summed E-state index contributed by atoms with van der Waals surface area (Å²) in [5.74, 6) is -0.0477. The number of nitriles is 1. The van der Waals surface area contributed by atoms with Gasteiger partial charge < -0.3 is 10.5 Å². The number of anilines is 2. The maximum Gasteiger partial charge on any atom is 0.188 e. The van der Waals surface area contributed by atoms with E-state index in [9.17, 15) is 9.65 Å². The largest absolute Gasteiger partial charge is 0.482 e. The van der Waals surface area contributed by atoms with Gasteiger partial charge in [0.15, 0.2) is 11.6 Å². The Kier molecular flexibility index (Phi) is 4.11. The Hall–Kier alpha value is -4.40. The maximum absolute atomic E-state index is 14.1. The van der Waals surface area contributed by atoms with Gasteiger partial charge in [0.05, 0.1) is 23.5 Å². The summed E-state index contributed by atoms with van der Waals surface area (Å²) in [5, 5.41) is 29.9. The number of hydrogen-bond donors (Lipinski definition) is 2. The quantitative estimate of drug-likeness (QED) is 0.556. The van der Waals surface area contributed by atoms with Gasteiger partial charge in [0.2, 0.25) is 0 Å². The first-order valence-electron chi connectivity index (χ1n) is 9.37. The van der Waals surface area contributed by atoms with Gasteiger partial charge in [-0.1, -0.05) is 0 Å². The van der Waals surface area contributed by atoms with Crippen molar-refractivity contribution >= 4 is 17.8 Å². The molecule has 2 bridgehead atoms. The SMILES string of the molecule is C[C@H]1Oc2cc(nnc2N)-c2c(nn(C)c2C#N)CN2C=NNN2c2ccc(F)cc21. The van der Waals surface area contributed by atoms with Gasteiger partial charge in [-0.05, 0) is 25.1 Å². The molecule has 0 spiro atoms. The number of ether oxygens (including phenoxy) is 1. The highest BCUT2D eigenvalue weighted by Crippen LogP contribution is 2.37. The Morgan fingerprint density at radius 2 is 2.16 bits per heavy atom. The van der Waals surface area contributed by atoms with Crippen molar-refractivity contribution in [1.82, 2.24) is 30.5 Å². The first-order valence-corrected chi connectivity index (χ1v) is 9.37. The monoisotopic (exact) mass is 420 g/mol. The zero-order valence-corrected chi connectivity index (χ0v) is 16.6. The van der Waals surface area contributed by atoms with E-state index in [1.807, 2.05) is 0 Å². The van der Waals surface area contributed by atoms with Crippen LogP contribution >= 0.6 is 0 Å². The Morgan fingerprint density at radius 3 is 2.97 bits per heavy atom. The molecule has 3 N–H and O–H groups in total. The van der Waals surface area contributed by atoms with Crippen molar-refractivity contribution in [3.05, 3.63) is 47.0 Å². The van der Waals surface area contributed by atoms with Crippen LogP contribution in [-0.2, 0) is 13.6 Å². The number of nitrogen functional groups attached to an aromatic ring is 1. The zero-order valence-electron chi connectivity index (χ0n) is 16.6. The Balaban J connectivity index is 1.76. The molecule has 1 atom stereocenters. The Morgan fingerprint density at radius 1 is 1.32 bits per heavy atom. The molecule has 12 heteroatoms. The third-order valence-electron chi connectivity index (χ3n) is 5.14. The summed E-state index contributed by atoms with van der Waals surface area (Å²) in [5.41, 5.74) is 11.9. The van der Waals surface area contributed by atoms with Gasteiger partial charge in [0.1, 0.15) is 35.7 Å². The molecule has 0 fully saturated rings.